The highest BCUT2D eigenvalue weighted by Crippen LogP contribution is 2.21. The summed E-state index contributed by atoms with van der Waals surface area (Å²) in [7, 11) is 0. The molecule has 1 aromatic carbocycles. The fourth-order valence-electron chi connectivity index (χ4n) is 1.45. The predicted molar refractivity (Wildman–Crippen MR) is 58.6 cm³/mol. The number of rotatable bonds is 2. The van der Waals surface area contributed by atoms with Gasteiger partial charge in [0.2, 0.25) is 0 Å². The molecule has 0 bridgehead atoms. The maximum Gasteiger partial charge on any atom is 0.0874 e. The third-order valence-corrected chi connectivity index (χ3v) is 2.29. The van der Waals surface area contributed by atoms with Crippen molar-refractivity contribution in [3.8, 4) is 5.69 Å². The van der Waals surface area contributed by atoms with E-state index in [1.165, 1.54) is 0 Å². The molecule has 0 saturated heterocycles. The maximum absolute atomic E-state index is 9.39. The SMILES string of the molecule is C[C@@H](O)c1ccc(-n2cccn2)c(N)c1. The first-order valence-corrected chi connectivity index (χ1v) is 4.76. The van der Waals surface area contributed by atoms with Crippen molar-refractivity contribution in [1.82, 2.24) is 9.78 Å². The lowest BCUT2D eigenvalue weighted by molar-refractivity contribution is 0.199. The summed E-state index contributed by atoms with van der Waals surface area (Å²) in [6.45, 7) is 1.71. The first-order chi connectivity index (χ1) is 7.18. The Bertz CT molecular complexity index is 449. The Labute approximate surface area is 88.0 Å². The lowest BCUT2D eigenvalue weighted by Crippen LogP contribution is -2.02. The van der Waals surface area contributed by atoms with Gasteiger partial charge < -0.3 is 10.8 Å². The van der Waals surface area contributed by atoms with Gasteiger partial charge in [-0.15, -0.1) is 0 Å². The maximum atomic E-state index is 9.39. The topological polar surface area (TPSA) is 64.1 Å². The Morgan fingerprint density at radius 3 is 2.80 bits per heavy atom. The van der Waals surface area contributed by atoms with Crippen molar-refractivity contribution < 1.29 is 5.11 Å². The Morgan fingerprint density at radius 2 is 2.27 bits per heavy atom. The van der Waals surface area contributed by atoms with Crippen LogP contribution in [-0.4, -0.2) is 14.9 Å². The summed E-state index contributed by atoms with van der Waals surface area (Å²) < 4.78 is 1.70. The van der Waals surface area contributed by atoms with Gasteiger partial charge in [0.05, 0.1) is 17.5 Å². The quantitative estimate of drug-likeness (QED) is 0.727. The molecule has 1 aromatic heterocycles. The number of benzene rings is 1. The van der Waals surface area contributed by atoms with Gasteiger partial charge in [-0.25, -0.2) is 4.68 Å². The average molecular weight is 203 g/mol. The molecule has 1 heterocycles. The van der Waals surface area contributed by atoms with Crippen molar-refractivity contribution in [2.75, 3.05) is 5.73 Å². The van der Waals surface area contributed by atoms with Gasteiger partial charge in [0, 0.05) is 12.4 Å². The van der Waals surface area contributed by atoms with Crippen LogP contribution in [0.3, 0.4) is 0 Å². The summed E-state index contributed by atoms with van der Waals surface area (Å²) in [5.74, 6) is 0. The van der Waals surface area contributed by atoms with Crippen LogP contribution in [-0.2, 0) is 0 Å². The van der Waals surface area contributed by atoms with Gasteiger partial charge in [0.25, 0.3) is 0 Å². The molecule has 78 valence electrons. The van der Waals surface area contributed by atoms with E-state index in [9.17, 15) is 5.11 Å². The minimum Gasteiger partial charge on any atom is -0.397 e. The highest BCUT2D eigenvalue weighted by atomic mass is 16.3. The van der Waals surface area contributed by atoms with Crippen LogP contribution in [0.25, 0.3) is 5.69 Å². The van der Waals surface area contributed by atoms with Gasteiger partial charge in [0.15, 0.2) is 0 Å². The molecule has 0 aliphatic carbocycles. The van der Waals surface area contributed by atoms with E-state index in [0.717, 1.165) is 11.3 Å². The van der Waals surface area contributed by atoms with Gasteiger partial charge in [-0.05, 0) is 30.7 Å². The molecule has 2 aromatic rings. The number of anilines is 1. The zero-order valence-corrected chi connectivity index (χ0v) is 8.46. The summed E-state index contributed by atoms with van der Waals surface area (Å²) >= 11 is 0. The lowest BCUT2D eigenvalue weighted by atomic mass is 10.1. The zero-order chi connectivity index (χ0) is 10.8. The molecule has 4 heteroatoms. The fourth-order valence-corrected chi connectivity index (χ4v) is 1.45. The number of aromatic nitrogens is 2. The largest absolute Gasteiger partial charge is 0.397 e. The third-order valence-electron chi connectivity index (χ3n) is 2.29. The van der Waals surface area contributed by atoms with Gasteiger partial charge in [-0.3, -0.25) is 0 Å². The zero-order valence-electron chi connectivity index (χ0n) is 8.46. The minimum atomic E-state index is -0.501. The number of nitrogens with zero attached hydrogens (tertiary/aromatic N) is 2. The predicted octanol–water partition coefficient (Wildman–Crippen LogP) is 1.51. The molecule has 0 aliphatic rings. The Balaban J connectivity index is 2.44. The smallest absolute Gasteiger partial charge is 0.0874 e. The molecule has 0 aliphatic heterocycles. The van der Waals surface area contributed by atoms with Gasteiger partial charge >= 0.3 is 0 Å². The van der Waals surface area contributed by atoms with Crippen LogP contribution in [0.4, 0.5) is 5.69 Å². The number of hydrogen-bond acceptors (Lipinski definition) is 3. The lowest BCUT2D eigenvalue weighted by Gasteiger charge is -2.09. The summed E-state index contributed by atoms with van der Waals surface area (Å²) in [5.41, 5.74) is 8.12. The van der Waals surface area contributed by atoms with Crippen LogP contribution in [0.1, 0.15) is 18.6 Å². The van der Waals surface area contributed by atoms with Crippen LogP contribution in [0.2, 0.25) is 0 Å². The number of nitrogen functional groups attached to an aromatic ring is 1. The molecular weight excluding hydrogens is 190 g/mol. The van der Waals surface area contributed by atoms with Crippen LogP contribution >= 0.6 is 0 Å². The van der Waals surface area contributed by atoms with Crippen molar-refractivity contribution in [3.63, 3.8) is 0 Å². The van der Waals surface area contributed by atoms with Crippen LogP contribution in [0.5, 0.6) is 0 Å². The van der Waals surface area contributed by atoms with Gasteiger partial charge in [-0.2, -0.15) is 5.10 Å². The van der Waals surface area contributed by atoms with Gasteiger partial charge in [0.1, 0.15) is 0 Å². The molecule has 0 unspecified atom stereocenters. The van der Waals surface area contributed by atoms with Gasteiger partial charge in [-0.1, -0.05) is 6.07 Å². The molecular formula is C11H13N3O. The second-order valence-electron chi connectivity index (χ2n) is 3.44. The number of nitrogens with two attached hydrogens (primary N) is 1. The van der Waals surface area contributed by atoms with E-state index in [2.05, 4.69) is 5.10 Å². The van der Waals surface area contributed by atoms with Crippen molar-refractivity contribution in [1.29, 1.82) is 0 Å². The van der Waals surface area contributed by atoms with Crippen molar-refractivity contribution in [2.24, 2.45) is 0 Å². The Morgan fingerprint density at radius 1 is 1.47 bits per heavy atom. The first kappa shape index (κ1) is 9.73. The summed E-state index contributed by atoms with van der Waals surface area (Å²) in [6.07, 6.45) is 3.02. The molecule has 0 spiro atoms. The Kier molecular flexibility index (Phi) is 2.43. The number of aliphatic hydroxyl groups excluding tert-OH is 1. The van der Waals surface area contributed by atoms with E-state index < -0.39 is 6.10 Å². The molecule has 3 N–H and O–H groups in total. The summed E-state index contributed by atoms with van der Waals surface area (Å²) in [6, 6.07) is 7.30. The second-order valence-corrected chi connectivity index (χ2v) is 3.44. The number of hydrogen-bond donors (Lipinski definition) is 2. The van der Waals surface area contributed by atoms with Crippen LogP contribution in [0.15, 0.2) is 36.7 Å². The second kappa shape index (κ2) is 3.74. The van der Waals surface area contributed by atoms with Crippen LogP contribution < -0.4 is 5.73 Å². The third kappa shape index (κ3) is 1.85. The van der Waals surface area contributed by atoms with E-state index >= 15 is 0 Å². The molecule has 4 nitrogen and oxygen atoms in total. The molecule has 15 heavy (non-hydrogen) atoms. The Hall–Kier alpha value is -1.81. The van der Waals surface area contributed by atoms with E-state index in [1.54, 1.807) is 23.9 Å². The highest BCUT2D eigenvalue weighted by Gasteiger charge is 2.06. The molecule has 0 amide bonds. The number of aliphatic hydroxyl groups is 1. The normalized spacial score (nSPS) is 12.7. The van der Waals surface area contributed by atoms with E-state index in [1.807, 2.05) is 24.4 Å². The molecule has 1 atom stereocenters. The monoisotopic (exact) mass is 203 g/mol. The van der Waals surface area contributed by atoms with E-state index in [0.29, 0.717) is 5.69 Å². The molecule has 0 fully saturated rings. The standard InChI is InChI=1S/C11H13N3O/c1-8(15)9-3-4-11(10(12)7-9)14-6-2-5-13-14/h2-8,15H,12H2,1H3/t8-/m1/s1. The highest BCUT2D eigenvalue weighted by molar-refractivity contribution is 5.59. The molecule has 0 radical (unpaired) electrons. The van der Waals surface area contributed by atoms with Crippen LogP contribution in [0, 0.1) is 0 Å². The van der Waals surface area contributed by atoms with E-state index in [4.69, 9.17) is 5.73 Å². The summed E-state index contributed by atoms with van der Waals surface area (Å²) in [5, 5.41) is 13.5. The minimum absolute atomic E-state index is 0.501. The summed E-state index contributed by atoms with van der Waals surface area (Å²) in [4.78, 5) is 0. The average Bonchev–Trinajstić information content (AvgIpc) is 2.70. The van der Waals surface area contributed by atoms with E-state index in [-0.39, 0.29) is 0 Å². The molecule has 2 rings (SSSR count). The molecule has 0 saturated carbocycles. The van der Waals surface area contributed by atoms with Crippen molar-refractivity contribution >= 4 is 5.69 Å². The fraction of sp³-hybridized carbons (Fsp3) is 0.182. The first-order valence-electron chi connectivity index (χ1n) is 4.76. The van der Waals surface area contributed by atoms with Crippen molar-refractivity contribution in [3.05, 3.63) is 42.2 Å². The van der Waals surface area contributed by atoms with Crippen molar-refractivity contribution in [2.45, 2.75) is 13.0 Å².